The number of carbonyl (C=O) groups excluding carboxylic acids is 1. The first kappa shape index (κ1) is 28.3. The summed E-state index contributed by atoms with van der Waals surface area (Å²) < 4.78 is 28.4. The minimum Gasteiger partial charge on any atom is -0.302 e. The average Bonchev–Trinajstić information content (AvgIpc) is 3.31. The minimum atomic E-state index is -4.18. The molecule has 10 heteroatoms. The number of rotatable bonds is 11. The summed E-state index contributed by atoms with van der Waals surface area (Å²) in [4.78, 5) is 16.0. The molecule has 1 heterocycles. The molecule has 1 N–H and O–H groups in total. The highest BCUT2D eigenvalue weighted by Crippen LogP contribution is 2.37. The van der Waals surface area contributed by atoms with Crippen LogP contribution in [0.4, 0.5) is 4.79 Å². The van der Waals surface area contributed by atoms with Crippen LogP contribution in [0.1, 0.15) is 44.7 Å². The molecule has 0 aliphatic carbocycles. The number of hydrogen-bond acceptors (Lipinski definition) is 5. The zero-order chi connectivity index (χ0) is 26.3. The lowest BCUT2D eigenvalue weighted by Gasteiger charge is -2.30. The van der Waals surface area contributed by atoms with Gasteiger partial charge < -0.3 is 10.2 Å². The van der Waals surface area contributed by atoms with Gasteiger partial charge in [0, 0.05) is 40.8 Å². The van der Waals surface area contributed by atoms with Crippen molar-refractivity contribution in [1.82, 2.24) is 14.5 Å². The quantitative estimate of drug-likeness (QED) is 0.436. The first-order chi connectivity index (χ1) is 17.2. The fourth-order valence-electron chi connectivity index (χ4n) is 4.55. The van der Waals surface area contributed by atoms with E-state index in [1.165, 1.54) is 4.31 Å². The van der Waals surface area contributed by atoms with Gasteiger partial charge in [0.15, 0.2) is 0 Å². The van der Waals surface area contributed by atoms with Crippen LogP contribution in [-0.2, 0) is 10.2 Å². The number of amides is 2. The SMILES string of the molecule is CCN(CC)CCNC(=O)[N+]1(S(=O)(=O)N(CC)CC)CC(c2ccccc2)C(c2ccc(Cl)cc2)=N1. The smallest absolute Gasteiger partial charge is 0.302 e. The largest absolute Gasteiger partial charge is 0.460 e. The lowest BCUT2D eigenvalue weighted by atomic mass is 9.91. The highest BCUT2D eigenvalue weighted by atomic mass is 35.5. The molecule has 0 fully saturated rings. The summed E-state index contributed by atoms with van der Waals surface area (Å²) >= 11 is 6.12. The molecule has 0 radical (unpaired) electrons. The van der Waals surface area contributed by atoms with E-state index in [9.17, 15) is 13.2 Å². The number of nitrogens with one attached hydrogen (secondary N) is 1. The van der Waals surface area contributed by atoms with Crippen LogP contribution < -0.4 is 5.32 Å². The molecule has 2 aromatic carbocycles. The maximum atomic E-state index is 14.1. The van der Waals surface area contributed by atoms with Gasteiger partial charge in [-0.15, -0.1) is 0 Å². The van der Waals surface area contributed by atoms with Crippen LogP contribution >= 0.6 is 11.6 Å². The lowest BCUT2D eigenvalue weighted by molar-refractivity contribution is -0.725. The van der Waals surface area contributed by atoms with Crippen LogP contribution in [0.5, 0.6) is 0 Å². The zero-order valence-corrected chi connectivity index (χ0v) is 23.1. The van der Waals surface area contributed by atoms with E-state index in [1.54, 1.807) is 26.0 Å². The monoisotopic (exact) mass is 534 g/mol. The molecule has 0 aromatic heterocycles. The molecule has 0 bridgehead atoms. The molecule has 8 nitrogen and oxygen atoms in total. The third-order valence-electron chi connectivity index (χ3n) is 6.70. The minimum absolute atomic E-state index is 0.0299. The lowest BCUT2D eigenvalue weighted by Crippen LogP contribution is -2.61. The van der Waals surface area contributed by atoms with E-state index in [0.29, 0.717) is 23.8 Å². The van der Waals surface area contributed by atoms with Gasteiger partial charge in [-0.05, 0) is 30.8 Å². The summed E-state index contributed by atoms with van der Waals surface area (Å²) in [6.07, 6.45) is 0. The van der Waals surface area contributed by atoms with Crippen molar-refractivity contribution in [3.63, 3.8) is 0 Å². The Hall–Kier alpha value is -2.30. The standard InChI is InChI=1S/C26H36ClN5O3S/c1-5-30(6-2)19-18-28-26(33)32(36(34,35)31(7-3)8-4)20-24(21-12-10-9-11-13-21)25(29-32)22-14-16-23(27)17-15-22/h9-17,24H,5-8,18-20H2,1-4H3/p+1. The second kappa shape index (κ2) is 12.3. The predicted molar refractivity (Wildman–Crippen MR) is 145 cm³/mol. The molecule has 1 aliphatic rings. The van der Waals surface area contributed by atoms with E-state index in [2.05, 4.69) is 24.1 Å². The molecule has 36 heavy (non-hydrogen) atoms. The maximum absolute atomic E-state index is 14.1. The molecular weight excluding hydrogens is 498 g/mol. The molecule has 0 saturated carbocycles. The van der Waals surface area contributed by atoms with Crippen LogP contribution in [0.2, 0.25) is 5.02 Å². The summed E-state index contributed by atoms with van der Waals surface area (Å²) in [6.45, 7) is 10.7. The summed E-state index contributed by atoms with van der Waals surface area (Å²) in [6, 6.07) is 16.1. The van der Waals surface area contributed by atoms with Crippen LogP contribution in [0, 0.1) is 0 Å². The number of hydrogen-bond donors (Lipinski definition) is 1. The van der Waals surface area contributed by atoms with Gasteiger partial charge in [-0.1, -0.05) is 86.9 Å². The van der Waals surface area contributed by atoms with Crippen molar-refractivity contribution in [2.24, 2.45) is 5.10 Å². The molecule has 3 rings (SSSR count). The molecule has 2 aromatic rings. The fourth-order valence-corrected chi connectivity index (χ4v) is 6.51. The first-order valence-electron chi connectivity index (χ1n) is 12.5. The molecule has 2 atom stereocenters. The van der Waals surface area contributed by atoms with Crippen molar-refractivity contribution in [2.45, 2.75) is 33.6 Å². The fraction of sp³-hybridized carbons (Fsp3) is 0.462. The van der Waals surface area contributed by atoms with Gasteiger partial charge in [0.05, 0.1) is 5.92 Å². The number of carbonyl (C=O) groups is 1. The highest BCUT2D eigenvalue weighted by Gasteiger charge is 2.59. The van der Waals surface area contributed by atoms with E-state index in [-0.39, 0.29) is 19.6 Å². The van der Waals surface area contributed by atoms with Gasteiger partial charge in [0.25, 0.3) is 0 Å². The van der Waals surface area contributed by atoms with E-state index in [4.69, 9.17) is 16.7 Å². The third-order valence-corrected chi connectivity index (χ3v) is 9.28. The zero-order valence-electron chi connectivity index (χ0n) is 21.5. The number of quaternary nitrogens is 1. The molecule has 2 unspecified atom stereocenters. The number of benzene rings is 2. The Labute approximate surface area is 220 Å². The summed E-state index contributed by atoms with van der Waals surface area (Å²) in [7, 11) is -4.18. The highest BCUT2D eigenvalue weighted by molar-refractivity contribution is 7.83. The number of nitrogens with zero attached hydrogens (tertiary/aromatic N) is 4. The van der Waals surface area contributed by atoms with E-state index >= 15 is 0 Å². The van der Waals surface area contributed by atoms with E-state index in [1.807, 2.05) is 42.5 Å². The number of halogens is 1. The van der Waals surface area contributed by atoms with Crippen molar-refractivity contribution in [2.75, 3.05) is 45.8 Å². The Kier molecular flexibility index (Phi) is 9.66. The molecule has 196 valence electrons. The van der Waals surface area contributed by atoms with Crippen LogP contribution in [0.15, 0.2) is 59.7 Å². The summed E-state index contributed by atoms with van der Waals surface area (Å²) in [5.74, 6) is -0.397. The molecule has 2 amide bonds. The van der Waals surface area contributed by atoms with Gasteiger partial charge >= 0.3 is 16.2 Å². The van der Waals surface area contributed by atoms with Gasteiger partial charge in [-0.3, -0.25) is 0 Å². The van der Waals surface area contributed by atoms with Crippen molar-refractivity contribution >= 4 is 33.6 Å². The normalized spacial score (nSPS) is 20.1. The first-order valence-corrected chi connectivity index (χ1v) is 14.3. The molecule has 0 spiro atoms. The van der Waals surface area contributed by atoms with Gasteiger partial charge in [-0.2, -0.15) is 12.7 Å². The molecule has 1 aliphatic heterocycles. The third kappa shape index (κ3) is 5.65. The number of urea groups is 1. The van der Waals surface area contributed by atoms with Crippen molar-refractivity contribution in [3.8, 4) is 0 Å². The average molecular weight is 535 g/mol. The van der Waals surface area contributed by atoms with Gasteiger partial charge in [0.2, 0.25) is 0 Å². The van der Waals surface area contributed by atoms with E-state index in [0.717, 1.165) is 24.2 Å². The second-order valence-corrected chi connectivity index (χ2v) is 11.1. The Morgan fingerprint density at radius 1 is 1.00 bits per heavy atom. The molecule has 0 saturated heterocycles. The van der Waals surface area contributed by atoms with E-state index < -0.39 is 26.2 Å². The maximum Gasteiger partial charge on any atom is 0.460 e. The Morgan fingerprint density at radius 3 is 2.17 bits per heavy atom. The Balaban J connectivity index is 2.13. The van der Waals surface area contributed by atoms with Crippen LogP contribution in [0.3, 0.4) is 0 Å². The van der Waals surface area contributed by atoms with Crippen molar-refractivity contribution in [3.05, 3.63) is 70.7 Å². The van der Waals surface area contributed by atoms with Gasteiger partial charge in [-0.25, -0.2) is 4.79 Å². The Bertz CT molecular complexity index is 1150. The Morgan fingerprint density at radius 2 is 1.61 bits per heavy atom. The molecular formula is C26H37ClN5O3S+. The van der Waals surface area contributed by atoms with Crippen LogP contribution in [-0.4, -0.2) is 79.2 Å². The summed E-state index contributed by atoms with van der Waals surface area (Å²) in [5, 5.41) is 8.21. The topological polar surface area (TPSA) is 82.1 Å². The predicted octanol–water partition coefficient (Wildman–Crippen LogP) is 4.30. The van der Waals surface area contributed by atoms with Crippen molar-refractivity contribution < 1.29 is 17.2 Å². The second-order valence-electron chi connectivity index (χ2n) is 8.66. The summed E-state index contributed by atoms with van der Waals surface area (Å²) in [5.41, 5.74) is 2.18. The van der Waals surface area contributed by atoms with Crippen LogP contribution in [0.25, 0.3) is 0 Å². The van der Waals surface area contributed by atoms with Gasteiger partial charge in [0.1, 0.15) is 12.3 Å². The number of likely N-dealkylation sites (N-methyl/N-ethyl adjacent to an activating group) is 1. The van der Waals surface area contributed by atoms with Crippen molar-refractivity contribution in [1.29, 1.82) is 0 Å².